The van der Waals surface area contributed by atoms with Gasteiger partial charge < -0.3 is 0 Å². The Kier molecular flexibility index (Phi) is 6.38. The van der Waals surface area contributed by atoms with E-state index in [1.54, 1.807) is 6.07 Å². The second-order valence-electron chi connectivity index (χ2n) is 6.08. The van der Waals surface area contributed by atoms with Gasteiger partial charge in [-0.1, -0.05) is 23.2 Å². The average Bonchev–Trinajstić information content (AvgIpc) is 3.19. The van der Waals surface area contributed by atoms with Gasteiger partial charge in [-0.25, -0.2) is 9.67 Å². The Labute approximate surface area is 179 Å². The monoisotopic (exact) mass is 452 g/mol. The van der Waals surface area contributed by atoms with Crippen LogP contribution in [0, 0.1) is 0 Å². The van der Waals surface area contributed by atoms with E-state index in [9.17, 15) is 18.0 Å². The number of alkyl halides is 3. The molecule has 0 fully saturated rings. The molecule has 0 aliphatic carbocycles. The number of hydrogen-bond donors (Lipinski definition) is 0. The number of hydrogen-bond acceptors (Lipinski definition) is 4. The minimum atomic E-state index is -4.79. The molecule has 0 spiro atoms. The number of carbonyl (C=O) groups excluding carboxylic acids is 1. The van der Waals surface area contributed by atoms with Crippen LogP contribution in [0.3, 0.4) is 0 Å². The predicted octanol–water partition coefficient (Wildman–Crippen LogP) is 5.45. The van der Waals surface area contributed by atoms with Gasteiger partial charge in [0.15, 0.2) is 5.78 Å². The Balaban J connectivity index is 2.07. The molecule has 0 saturated heterocycles. The minimum Gasteiger partial charge on any atom is -0.296 e. The van der Waals surface area contributed by atoms with Gasteiger partial charge in [0.25, 0.3) is 0 Å². The van der Waals surface area contributed by atoms with Crippen LogP contribution in [0.2, 0.25) is 10.0 Å². The van der Waals surface area contributed by atoms with E-state index in [0.29, 0.717) is 17.3 Å². The highest BCUT2D eigenvalue weighted by atomic mass is 35.5. The molecule has 2 aromatic carbocycles. The van der Waals surface area contributed by atoms with E-state index in [4.69, 9.17) is 23.2 Å². The Bertz CT molecular complexity index is 1120. The maximum atomic E-state index is 13.6. The first kappa shape index (κ1) is 21.7. The summed E-state index contributed by atoms with van der Waals surface area (Å²) in [6.45, 7) is 0. The molecule has 0 bridgehead atoms. The van der Waals surface area contributed by atoms with E-state index in [-0.39, 0.29) is 21.2 Å². The van der Waals surface area contributed by atoms with Crippen LogP contribution in [0.25, 0.3) is 11.3 Å². The van der Waals surface area contributed by atoms with E-state index in [1.165, 1.54) is 48.8 Å². The molecular formula is C20H13Cl2F3N4O. The summed E-state index contributed by atoms with van der Waals surface area (Å²) in [6.07, 6.45) is -0.00885. The predicted molar refractivity (Wildman–Crippen MR) is 110 cm³/mol. The Morgan fingerprint density at radius 1 is 1.10 bits per heavy atom. The van der Waals surface area contributed by atoms with Gasteiger partial charge in [-0.3, -0.25) is 9.79 Å². The summed E-state index contributed by atoms with van der Waals surface area (Å²) in [4.78, 5) is 20.5. The fraction of sp³-hybridized carbons (Fsp3) is 0.100. The number of nitrogens with zero attached hydrogens (tertiary/aromatic N) is 4. The van der Waals surface area contributed by atoms with Crippen LogP contribution in [-0.4, -0.2) is 40.0 Å². The first-order chi connectivity index (χ1) is 14.2. The SMILES string of the molecule is CN=Cc1cc(C(=O)C=C(c2cc(Cl)cc(Cl)c2)C(F)(F)F)ccc1-n1cncn1. The maximum absolute atomic E-state index is 13.6. The van der Waals surface area contributed by atoms with Crippen LogP contribution in [0.1, 0.15) is 21.5 Å². The van der Waals surface area contributed by atoms with Crippen LogP contribution in [0.5, 0.6) is 0 Å². The molecule has 0 unspecified atom stereocenters. The van der Waals surface area contributed by atoms with Gasteiger partial charge in [0.2, 0.25) is 0 Å². The van der Waals surface area contributed by atoms with E-state index in [2.05, 4.69) is 15.1 Å². The standard InChI is InChI=1S/C20H13Cl2F3N4O/c1-26-9-14-4-12(2-3-18(14)29-11-27-10-28-29)19(30)8-17(20(23,24)25)13-5-15(21)7-16(22)6-13/h2-11H,1H3. The quantitative estimate of drug-likeness (QED) is 0.293. The van der Waals surface area contributed by atoms with Crippen molar-refractivity contribution in [2.24, 2.45) is 4.99 Å². The zero-order valence-corrected chi connectivity index (χ0v) is 16.9. The molecule has 1 heterocycles. The number of ketones is 1. The number of carbonyl (C=O) groups is 1. The summed E-state index contributed by atoms with van der Waals surface area (Å²) in [5, 5.41) is 4.07. The van der Waals surface area contributed by atoms with Crippen LogP contribution in [0.15, 0.2) is 60.1 Å². The first-order valence-electron chi connectivity index (χ1n) is 8.40. The summed E-state index contributed by atoms with van der Waals surface area (Å²) in [5.74, 6) is -0.839. The van der Waals surface area contributed by atoms with Crippen molar-refractivity contribution in [1.29, 1.82) is 0 Å². The lowest BCUT2D eigenvalue weighted by molar-refractivity contribution is -0.0689. The number of halogens is 5. The zero-order valence-electron chi connectivity index (χ0n) is 15.4. The van der Waals surface area contributed by atoms with Gasteiger partial charge in [-0.05, 0) is 48.0 Å². The Hall–Kier alpha value is -2.97. The Morgan fingerprint density at radius 3 is 2.37 bits per heavy atom. The smallest absolute Gasteiger partial charge is 0.296 e. The number of benzene rings is 2. The molecule has 0 N–H and O–H groups in total. The van der Waals surface area contributed by atoms with Gasteiger partial charge in [0, 0.05) is 34.4 Å². The summed E-state index contributed by atoms with van der Waals surface area (Å²) in [7, 11) is 1.53. The lowest BCUT2D eigenvalue weighted by Gasteiger charge is -2.13. The summed E-state index contributed by atoms with van der Waals surface area (Å²) >= 11 is 11.7. The van der Waals surface area contributed by atoms with Crippen LogP contribution in [-0.2, 0) is 0 Å². The van der Waals surface area contributed by atoms with E-state index in [0.717, 1.165) is 12.1 Å². The van der Waals surface area contributed by atoms with Gasteiger partial charge in [-0.2, -0.15) is 18.3 Å². The van der Waals surface area contributed by atoms with Crippen LogP contribution >= 0.6 is 23.2 Å². The molecule has 0 atom stereocenters. The van der Waals surface area contributed by atoms with Crippen molar-refractivity contribution < 1.29 is 18.0 Å². The lowest BCUT2D eigenvalue weighted by atomic mass is 10.00. The first-order valence-corrected chi connectivity index (χ1v) is 9.15. The molecule has 154 valence electrons. The molecule has 0 amide bonds. The van der Waals surface area contributed by atoms with Crippen molar-refractivity contribution in [1.82, 2.24) is 14.8 Å². The minimum absolute atomic E-state index is 0.0266. The highest BCUT2D eigenvalue weighted by Crippen LogP contribution is 2.36. The number of rotatable bonds is 5. The van der Waals surface area contributed by atoms with E-state index >= 15 is 0 Å². The van der Waals surface area contributed by atoms with Gasteiger partial charge >= 0.3 is 6.18 Å². The molecule has 5 nitrogen and oxygen atoms in total. The maximum Gasteiger partial charge on any atom is 0.417 e. The zero-order chi connectivity index (χ0) is 21.9. The van der Waals surface area contributed by atoms with Gasteiger partial charge in [-0.15, -0.1) is 0 Å². The van der Waals surface area contributed by atoms with Crippen molar-refractivity contribution in [2.45, 2.75) is 6.18 Å². The highest BCUT2D eigenvalue weighted by Gasteiger charge is 2.35. The Morgan fingerprint density at radius 2 is 1.80 bits per heavy atom. The normalized spacial score (nSPS) is 12.5. The van der Waals surface area contributed by atoms with Crippen molar-refractivity contribution in [3.63, 3.8) is 0 Å². The van der Waals surface area contributed by atoms with Crippen LogP contribution in [0.4, 0.5) is 13.2 Å². The number of aliphatic imine (C=N–C) groups is 1. The third-order valence-electron chi connectivity index (χ3n) is 4.00. The molecule has 0 saturated carbocycles. The largest absolute Gasteiger partial charge is 0.417 e. The van der Waals surface area contributed by atoms with Crippen LogP contribution < -0.4 is 0 Å². The fourth-order valence-corrected chi connectivity index (χ4v) is 3.27. The molecule has 30 heavy (non-hydrogen) atoms. The summed E-state index contributed by atoms with van der Waals surface area (Å²) < 4.78 is 42.4. The molecule has 0 aliphatic rings. The van der Waals surface area contributed by atoms with Crippen molar-refractivity contribution in [3.05, 3.63) is 81.9 Å². The molecular weight excluding hydrogens is 440 g/mol. The molecule has 0 aliphatic heterocycles. The second-order valence-corrected chi connectivity index (χ2v) is 6.95. The third kappa shape index (κ3) is 4.95. The van der Waals surface area contributed by atoms with E-state index < -0.39 is 17.5 Å². The number of aromatic nitrogens is 3. The van der Waals surface area contributed by atoms with Crippen molar-refractivity contribution in [3.8, 4) is 5.69 Å². The molecule has 0 radical (unpaired) electrons. The molecule has 10 heteroatoms. The summed E-state index contributed by atoms with van der Waals surface area (Å²) in [5.41, 5.74) is -0.354. The molecule has 1 aromatic heterocycles. The highest BCUT2D eigenvalue weighted by molar-refractivity contribution is 6.35. The average molecular weight is 453 g/mol. The van der Waals surface area contributed by atoms with Crippen molar-refractivity contribution >= 4 is 40.8 Å². The fourth-order valence-electron chi connectivity index (χ4n) is 2.74. The van der Waals surface area contributed by atoms with Gasteiger partial charge in [0.1, 0.15) is 12.7 Å². The number of allylic oxidation sites excluding steroid dienone is 2. The topological polar surface area (TPSA) is 60.1 Å². The second kappa shape index (κ2) is 8.81. The molecule has 3 aromatic rings. The summed E-state index contributed by atoms with van der Waals surface area (Å²) in [6, 6.07) is 7.90. The molecule has 3 rings (SSSR count). The van der Waals surface area contributed by atoms with Gasteiger partial charge in [0.05, 0.1) is 11.3 Å². The lowest BCUT2D eigenvalue weighted by Crippen LogP contribution is -2.13. The third-order valence-corrected chi connectivity index (χ3v) is 4.44. The van der Waals surface area contributed by atoms with Crippen molar-refractivity contribution in [2.75, 3.05) is 7.05 Å². The van der Waals surface area contributed by atoms with E-state index in [1.807, 2.05) is 0 Å².